The van der Waals surface area contributed by atoms with E-state index in [9.17, 15) is 0 Å². The summed E-state index contributed by atoms with van der Waals surface area (Å²) < 4.78 is 0. The number of hydrogen-bond acceptors (Lipinski definition) is 2. The van der Waals surface area contributed by atoms with Crippen molar-refractivity contribution in [1.82, 2.24) is 4.90 Å². The monoisotopic (exact) mass is 491 g/mol. The standard InChI is InChI=1S/C35H29N3/c1-24(26-13-10-14-27(21-26)25-11-4-3-5-12-25)38(2)23-37-35(36)28-19-20-33-31-17-7-6-15-29(31)30-16-8-9-18-32(30)34(33)22-28/h3-22H,1,23H2,2H3,(H2,36,37). The number of aliphatic imine (C=N–C) groups is 1. The van der Waals surface area contributed by atoms with E-state index in [0.29, 0.717) is 12.5 Å². The summed E-state index contributed by atoms with van der Waals surface area (Å²) in [5.41, 5.74) is 11.8. The third-order valence-corrected chi connectivity index (χ3v) is 7.26. The summed E-state index contributed by atoms with van der Waals surface area (Å²) >= 11 is 0. The van der Waals surface area contributed by atoms with Crippen LogP contribution in [0.15, 0.2) is 133 Å². The van der Waals surface area contributed by atoms with Gasteiger partial charge in [-0.05, 0) is 61.1 Å². The van der Waals surface area contributed by atoms with Crippen molar-refractivity contribution >= 4 is 43.9 Å². The van der Waals surface area contributed by atoms with E-state index in [4.69, 9.17) is 10.7 Å². The lowest BCUT2D eigenvalue weighted by molar-refractivity contribution is 0.498. The van der Waals surface area contributed by atoms with E-state index in [1.807, 2.05) is 18.0 Å². The van der Waals surface area contributed by atoms with Crippen LogP contribution in [0.1, 0.15) is 11.1 Å². The molecule has 0 amide bonds. The van der Waals surface area contributed by atoms with Crippen molar-refractivity contribution in [3.05, 3.63) is 139 Å². The zero-order valence-corrected chi connectivity index (χ0v) is 21.4. The quantitative estimate of drug-likeness (QED) is 0.145. The van der Waals surface area contributed by atoms with Gasteiger partial charge in [0.2, 0.25) is 0 Å². The van der Waals surface area contributed by atoms with Gasteiger partial charge in [0.05, 0.1) is 0 Å². The van der Waals surface area contributed by atoms with Crippen LogP contribution in [0.2, 0.25) is 0 Å². The third kappa shape index (κ3) is 4.29. The highest BCUT2D eigenvalue weighted by Crippen LogP contribution is 2.35. The Morgan fingerprint density at radius 2 is 1.16 bits per heavy atom. The van der Waals surface area contributed by atoms with Crippen LogP contribution in [-0.4, -0.2) is 24.5 Å². The highest BCUT2D eigenvalue weighted by Gasteiger charge is 2.11. The number of amidine groups is 1. The maximum absolute atomic E-state index is 6.52. The summed E-state index contributed by atoms with van der Waals surface area (Å²) in [6, 6.07) is 42.3. The number of fused-ring (bicyclic) bond motifs is 6. The van der Waals surface area contributed by atoms with Gasteiger partial charge >= 0.3 is 0 Å². The van der Waals surface area contributed by atoms with Gasteiger partial charge in [0, 0.05) is 18.3 Å². The van der Waals surface area contributed by atoms with Crippen molar-refractivity contribution in [2.24, 2.45) is 10.7 Å². The molecule has 0 spiro atoms. The molecule has 6 rings (SSSR count). The van der Waals surface area contributed by atoms with Gasteiger partial charge in [-0.2, -0.15) is 0 Å². The molecule has 0 saturated heterocycles. The van der Waals surface area contributed by atoms with E-state index in [0.717, 1.165) is 22.4 Å². The minimum absolute atomic E-state index is 0.413. The normalized spacial score (nSPS) is 11.8. The molecule has 0 aliphatic heterocycles. The van der Waals surface area contributed by atoms with Crippen molar-refractivity contribution in [2.75, 3.05) is 13.7 Å². The molecule has 0 aliphatic rings. The Labute approximate surface area is 223 Å². The van der Waals surface area contributed by atoms with Crippen molar-refractivity contribution in [1.29, 1.82) is 0 Å². The molecule has 38 heavy (non-hydrogen) atoms. The van der Waals surface area contributed by atoms with Crippen LogP contribution in [0.25, 0.3) is 49.1 Å². The highest BCUT2D eigenvalue weighted by molar-refractivity contribution is 6.26. The molecule has 0 atom stereocenters. The summed E-state index contributed by atoms with van der Waals surface area (Å²) in [6.07, 6.45) is 0. The van der Waals surface area contributed by atoms with Crippen molar-refractivity contribution in [2.45, 2.75) is 0 Å². The predicted molar refractivity (Wildman–Crippen MR) is 163 cm³/mol. The summed E-state index contributed by atoms with van der Waals surface area (Å²) in [7, 11) is 1.99. The second-order valence-electron chi connectivity index (χ2n) is 9.63. The molecule has 184 valence electrons. The number of benzene rings is 6. The zero-order valence-electron chi connectivity index (χ0n) is 21.4. The average molecular weight is 492 g/mol. The number of rotatable bonds is 6. The molecule has 0 saturated carbocycles. The predicted octanol–water partition coefficient (Wildman–Crippen LogP) is 8.08. The Balaban J connectivity index is 1.29. The van der Waals surface area contributed by atoms with Crippen LogP contribution in [0.3, 0.4) is 0 Å². The van der Waals surface area contributed by atoms with Crippen LogP contribution in [0, 0.1) is 0 Å². The van der Waals surface area contributed by atoms with Crippen LogP contribution in [0.4, 0.5) is 0 Å². The van der Waals surface area contributed by atoms with E-state index in [1.54, 1.807) is 0 Å². The maximum Gasteiger partial charge on any atom is 0.127 e. The third-order valence-electron chi connectivity index (χ3n) is 7.26. The van der Waals surface area contributed by atoms with Gasteiger partial charge in [-0.25, -0.2) is 4.99 Å². The fraction of sp³-hybridized carbons (Fsp3) is 0.0571. The lowest BCUT2D eigenvalue weighted by atomic mass is 9.93. The van der Waals surface area contributed by atoms with E-state index in [1.165, 1.54) is 37.9 Å². The molecule has 0 heterocycles. The first kappa shape index (κ1) is 23.5. The molecular weight excluding hydrogens is 462 g/mol. The van der Waals surface area contributed by atoms with E-state index in [-0.39, 0.29) is 0 Å². The second kappa shape index (κ2) is 9.87. The molecule has 0 fully saturated rings. The Morgan fingerprint density at radius 3 is 1.82 bits per heavy atom. The SMILES string of the molecule is C=C(c1cccc(-c2ccccc2)c1)N(C)CN=C(N)c1ccc2c3ccccc3c3ccccc3c2c1. The summed E-state index contributed by atoms with van der Waals surface area (Å²) in [5, 5.41) is 7.39. The lowest BCUT2D eigenvalue weighted by Crippen LogP contribution is -2.21. The minimum Gasteiger partial charge on any atom is -0.383 e. The molecule has 3 nitrogen and oxygen atoms in total. The van der Waals surface area contributed by atoms with Crippen LogP contribution in [-0.2, 0) is 0 Å². The lowest BCUT2D eigenvalue weighted by Gasteiger charge is -2.20. The Kier molecular flexibility index (Phi) is 6.11. The molecule has 0 aromatic heterocycles. The number of hydrogen-bond donors (Lipinski definition) is 1. The van der Waals surface area contributed by atoms with Gasteiger partial charge in [0.15, 0.2) is 0 Å². The van der Waals surface area contributed by atoms with Gasteiger partial charge in [-0.3, -0.25) is 0 Å². The average Bonchev–Trinajstić information content (AvgIpc) is 2.99. The van der Waals surface area contributed by atoms with Crippen LogP contribution < -0.4 is 5.73 Å². The zero-order chi connectivity index (χ0) is 26.1. The topological polar surface area (TPSA) is 41.6 Å². The largest absolute Gasteiger partial charge is 0.383 e. The van der Waals surface area contributed by atoms with E-state index >= 15 is 0 Å². The minimum atomic E-state index is 0.413. The molecule has 3 heteroatoms. The number of nitrogens with zero attached hydrogens (tertiary/aromatic N) is 2. The van der Waals surface area contributed by atoms with E-state index < -0.39 is 0 Å². The Hall–Kier alpha value is -4.89. The molecule has 2 N–H and O–H groups in total. The summed E-state index contributed by atoms with van der Waals surface area (Å²) in [4.78, 5) is 6.76. The highest BCUT2D eigenvalue weighted by atomic mass is 15.2. The first-order valence-corrected chi connectivity index (χ1v) is 12.8. The molecule has 6 aromatic rings. The van der Waals surface area contributed by atoms with Gasteiger partial charge in [-0.1, -0.05) is 116 Å². The molecular formula is C35H29N3. The van der Waals surface area contributed by atoms with Crippen LogP contribution in [0.5, 0.6) is 0 Å². The van der Waals surface area contributed by atoms with Gasteiger partial charge in [-0.15, -0.1) is 0 Å². The Morgan fingerprint density at radius 1 is 0.605 bits per heavy atom. The first-order valence-electron chi connectivity index (χ1n) is 12.8. The van der Waals surface area contributed by atoms with Gasteiger partial charge in [0.25, 0.3) is 0 Å². The van der Waals surface area contributed by atoms with Crippen molar-refractivity contribution in [3.63, 3.8) is 0 Å². The van der Waals surface area contributed by atoms with Crippen molar-refractivity contribution < 1.29 is 0 Å². The Bertz CT molecular complexity index is 1800. The summed E-state index contributed by atoms with van der Waals surface area (Å²) in [6.45, 7) is 4.74. The molecule has 0 bridgehead atoms. The van der Waals surface area contributed by atoms with Crippen LogP contribution >= 0.6 is 0 Å². The maximum atomic E-state index is 6.52. The molecule has 0 unspecified atom stereocenters. The fourth-order valence-corrected chi connectivity index (χ4v) is 5.16. The first-order chi connectivity index (χ1) is 18.6. The number of nitrogens with two attached hydrogens (primary N) is 1. The second-order valence-corrected chi connectivity index (χ2v) is 9.63. The van der Waals surface area contributed by atoms with Gasteiger partial charge < -0.3 is 10.6 Å². The van der Waals surface area contributed by atoms with Gasteiger partial charge in [0.1, 0.15) is 12.5 Å². The van der Waals surface area contributed by atoms with Crippen molar-refractivity contribution in [3.8, 4) is 11.1 Å². The summed E-state index contributed by atoms with van der Waals surface area (Å²) in [5.74, 6) is 0.516. The fourth-order valence-electron chi connectivity index (χ4n) is 5.16. The molecule has 6 aromatic carbocycles. The van der Waals surface area contributed by atoms with E-state index in [2.05, 4.69) is 122 Å². The smallest absolute Gasteiger partial charge is 0.127 e. The molecule has 0 aliphatic carbocycles. The molecule has 0 radical (unpaired) electrons.